The van der Waals surface area contributed by atoms with Crippen LogP contribution in [0, 0.1) is 0 Å². The Bertz CT molecular complexity index is 4510. The summed E-state index contributed by atoms with van der Waals surface area (Å²) >= 11 is 0. The standard InChI is InChI=1S/C64H36N4O2/c1-2-16-37(17-3-1)61-65-62(45-23-14-30-55-57(45)44-22-8-13-29-53(44)69-55)67-63(66-61)46-24-15-31-56-58(46)47-36-38(32-35-54(47)70-56)68-52-28-12-7-20-41(52)42-33-34-51-59(60(42)68)43-21-6-11-27-50(43)64(51)48-25-9-4-18-39(48)40-19-5-10-26-49(40)64/h1-36H. The second kappa shape index (κ2) is 13.8. The van der Waals surface area contributed by atoms with Crippen LogP contribution in [-0.2, 0) is 5.41 Å². The number of hydrogen-bond acceptors (Lipinski definition) is 5. The average molecular weight is 893 g/mol. The Morgan fingerprint density at radius 2 is 0.871 bits per heavy atom. The minimum absolute atomic E-state index is 0.466. The van der Waals surface area contributed by atoms with E-state index in [9.17, 15) is 0 Å². The van der Waals surface area contributed by atoms with Crippen molar-refractivity contribution in [3.8, 4) is 62.1 Å². The molecule has 0 saturated heterocycles. The number of nitrogens with zero attached hydrogens (tertiary/aromatic N) is 4. The van der Waals surface area contributed by atoms with Gasteiger partial charge in [-0.1, -0.05) is 176 Å². The van der Waals surface area contributed by atoms with Gasteiger partial charge in [-0.15, -0.1) is 0 Å². The molecule has 2 aliphatic rings. The molecule has 4 heterocycles. The predicted molar refractivity (Wildman–Crippen MR) is 281 cm³/mol. The van der Waals surface area contributed by atoms with Crippen LogP contribution in [0.2, 0.25) is 0 Å². The van der Waals surface area contributed by atoms with Gasteiger partial charge in [0.15, 0.2) is 17.5 Å². The Hall–Kier alpha value is -9.39. The zero-order chi connectivity index (χ0) is 45.7. The van der Waals surface area contributed by atoms with Crippen molar-refractivity contribution >= 4 is 65.7 Å². The summed E-state index contributed by atoms with van der Waals surface area (Å²) < 4.78 is 15.6. The SMILES string of the molecule is c1ccc(-c2nc(-c3cccc4oc5ccccc5c34)nc(-c3cccc4oc5ccc(-n6c7ccccc7c7ccc8c(c76)-c6ccccc6C86c7ccccc7-c7ccccc76)cc5c34)n2)cc1. The molecule has 2 aliphatic carbocycles. The quantitative estimate of drug-likeness (QED) is 0.176. The summed E-state index contributed by atoms with van der Waals surface area (Å²) in [5.74, 6) is 1.71. The maximum absolute atomic E-state index is 6.74. The molecule has 0 aliphatic heterocycles. The van der Waals surface area contributed by atoms with E-state index in [0.717, 1.165) is 71.8 Å². The molecule has 0 unspecified atom stereocenters. The van der Waals surface area contributed by atoms with Gasteiger partial charge in [0.2, 0.25) is 0 Å². The van der Waals surface area contributed by atoms with Gasteiger partial charge in [-0.2, -0.15) is 0 Å². The molecule has 4 aromatic heterocycles. The maximum Gasteiger partial charge on any atom is 0.164 e. The Kier molecular flexibility index (Phi) is 7.45. The number of furan rings is 2. The van der Waals surface area contributed by atoms with E-state index >= 15 is 0 Å². The highest BCUT2D eigenvalue weighted by atomic mass is 16.3. The van der Waals surface area contributed by atoms with Crippen molar-refractivity contribution < 1.29 is 8.83 Å². The molecule has 0 bridgehead atoms. The van der Waals surface area contributed by atoms with Gasteiger partial charge in [0, 0.05) is 60.3 Å². The van der Waals surface area contributed by atoms with E-state index in [4.69, 9.17) is 23.8 Å². The maximum atomic E-state index is 6.74. The first-order chi connectivity index (χ1) is 34.7. The van der Waals surface area contributed by atoms with Gasteiger partial charge in [-0.3, -0.25) is 0 Å². The van der Waals surface area contributed by atoms with E-state index in [1.165, 1.54) is 60.8 Å². The van der Waals surface area contributed by atoms with Gasteiger partial charge in [0.1, 0.15) is 22.3 Å². The third-order valence-electron chi connectivity index (χ3n) is 15.1. The van der Waals surface area contributed by atoms with Gasteiger partial charge in [-0.25, -0.2) is 15.0 Å². The summed E-state index contributed by atoms with van der Waals surface area (Å²) in [5, 5.41) is 6.32. The topological polar surface area (TPSA) is 69.9 Å². The highest BCUT2D eigenvalue weighted by Crippen LogP contribution is 2.64. The molecule has 0 fully saturated rings. The van der Waals surface area contributed by atoms with Gasteiger partial charge >= 0.3 is 0 Å². The summed E-state index contributed by atoms with van der Waals surface area (Å²) in [6.45, 7) is 0. The number of benzene rings is 10. The van der Waals surface area contributed by atoms with Crippen molar-refractivity contribution in [3.63, 3.8) is 0 Å². The summed E-state index contributed by atoms with van der Waals surface area (Å²) in [5.41, 5.74) is 19.1. The zero-order valence-electron chi connectivity index (χ0n) is 37.4. The lowest BCUT2D eigenvalue weighted by Gasteiger charge is -2.30. The molecule has 16 rings (SSSR count). The van der Waals surface area contributed by atoms with Crippen LogP contribution >= 0.6 is 0 Å². The van der Waals surface area contributed by atoms with E-state index in [2.05, 4.69) is 150 Å². The van der Waals surface area contributed by atoms with E-state index in [1.807, 2.05) is 72.8 Å². The molecular formula is C64H36N4O2. The molecule has 14 aromatic rings. The summed E-state index contributed by atoms with van der Waals surface area (Å²) in [6.07, 6.45) is 0. The van der Waals surface area contributed by atoms with Crippen LogP contribution in [0.15, 0.2) is 227 Å². The smallest absolute Gasteiger partial charge is 0.164 e. The lowest BCUT2D eigenvalue weighted by Crippen LogP contribution is -2.25. The van der Waals surface area contributed by atoms with Crippen molar-refractivity contribution in [3.05, 3.63) is 241 Å². The van der Waals surface area contributed by atoms with E-state index < -0.39 is 5.41 Å². The van der Waals surface area contributed by atoms with E-state index in [-0.39, 0.29) is 0 Å². The van der Waals surface area contributed by atoms with Crippen LogP contribution in [0.1, 0.15) is 22.3 Å². The Morgan fingerprint density at radius 3 is 1.59 bits per heavy atom. The first-order valence-corrected chi connectivity index (χ1v) is 23.8. The first kappa shape index (κ1) is 37.7. The minimum Gasteiger partial charge on any atom is -0.456 e. The molecule has 6 heteroatoms. The van der Waals surface area contributed by atoms with E-state index in [0.29, 0.717) is 17.5 Å². The number of rotatable bonds is 4. The predicted octanol–water partition coefficient (Wildman–Crippen LogP) is 16.1. The van der Waals surface area contributed by atoms with Crippen LogP contribution in [0.3, 0.4) is 0 Å². The van der Waals surface area contributed by atoms with Gasteiger partial charge in [0.05, 0.1) is 16.4 Å². The fourth-order valence-corrected chi connectivity index (χ4v) is 12.3. The Morgan fingerprint density at radius 1 is 0.343 bits per heavy atom. The fourth-order valence-electron chi connectivity index (χ4n) is 12.3. The van der Waals surface area contributed by atoms with E-state index in [1.54, 1.807) is 0 Å². The molecule has 0 N–H and O–H groups in total. The number of para-hydroxylation sites is 2. The molecule has 0 atom stereocenters. The van der Waals surface area contributed by atoms with Gasteiger partial charge in [-0.05, 0) is 81.4 Å². The highest BCUT2D eigenvalue weighted by molar-refractivity contribution is 6.18. The summed E-state index contributed by atoms with van der Waals surface area (Å²) in [4.78, 5) is 15.8. The molecule has 0 radical (unpaired) electrons. The second-order valence-corrected chi connectivity index (χ2v) is 18.5. The average Bonchev–Trinajstić information content (AvgIpc) is 4.23. The molecule has 1 spiro atoms. The second-order valence-electron chi connectivity index (χ2n) is 18.5. The number of fused-ring (bicyclic) bond motifs is 20. The monoisotopic (exact) mass is 892 g/mol. The third kappa shape index (κ3) is 4.88. The largest absolute Gasteiger partial charge is 0.456 e. The Balaban J connectivity index is 0.960. The van der Waals surface area contributed by atoms with Crippen molar-refractivity contribution in [1.29, 1.82) is 0 Å². The molecule has 0 saturated carbocycles. The summed E-state index contributed by atoms with van der Waals surface area (Å²) in [7, 11) is 0. The van der Waals surface area contributed by atoms with Crippen molar-refractivity contribution in [2.45, 2.75) is 5.41 Å². The summed E-state index contributed by atoms with van der Waals surface area (Å²) in [6, 6.07) is 77.8. The van der Waals surface area contributed by atoms with Crippen molar-refractivity contribution in [1.82, 2.24) is 19.5 Å². The van der Waals surface area contributed by atoms with Crippen LogP contribution in [0.5, 0.6) is 0 Å². The van der Waals surface area contributed by atoms with Crippen molar-refractivity contribution in [2.75, 3.05) is 0 Å². The normalized spacial score (nSPS) is 13.3. The third-order valence-corrected chi connectivity index (χ3v) is 15.1. The molecular weight excluding hydrogens is 857 g/mol. The van der Waals surface area contributed by atoms with Crippen LogP contribution < -0.4 is 0 Å². The molecule has 0 amide bonds. The van der Waals surface area contributed by atoms with Crippen LogP contribution in [-0.4, -0.2) is 19.5 Å². The molecule has 10 aromatic carbocycles. The van der Waals surface area contributed by atoms with Gasteiger partial charge in [0.25, 0.3) is 0 Å². The zero-order valence-corrected chi connectivity index (χ0v) is 37.4. The first-order valence-electron chi connectivity index (χ1n) is 23.8. The molecule has 6 nitrogen and oxygen atoms in total. The molecule has 324 valence electrons. The lowest BCUT2D eigenvalue weighted by molar-refractivity contribution is 0.668. The number of aromatic nitrogens is 4. The highest BCUT2D eigenvalue weighted by Gasteiger charge is 2.52. The minimum atomic E-state index is -0.466. The van der Waals surface area contributed by atoms with Gasteiger partial charge < -0.3 is 13.4 Å². The molecule has 70 heavy (non-hydrogen) atoms. The fraction of sp³-hybridized carbons (Fsp3) is 0.0156. The van der Waals surface area contributed by atoms with Crippen molar-refractivity contribution in [2.24, 2.45) is 0 Å². The van der Waals surface area contributed by atoms with Crippen LogP contribution in [0.4, 0.5) is 0 Å². The number of hydrogen-bond donors (Lipinski definition) is 0. The Labute approximate surface area is 400 Å². The lowest BCUT2D eigenvalue weighted by atomic mass is 9.70. The van der Waals surface area contributed by atoms with Crippen LogP contribution in [0.25, 0.3) is 128 Å².